The molecule has 0 radical (unpaired) electrons. The second kappa shape index (κ2) is 8.76. The van der Waals surface area contributed by atoms with Gasteiger partial charge in [-0.2, -0.15) is 0 Å². The Labute approximate surface area is 172 Å². The molecule has 148 valence electrons. The molecule has 0 atom stereocenters. The molecule has 1 fully saturated rings. The summed E-state index contributed by atoms with van der Waals surface area (Å²) >= 11 is 0. The Morgan fingerprint density at radius 2 is 1.71 bits per heavy atom. The zero-order valence-corrected chi connectivity index (χ0v) is 16.9. The van der Waals surface area contributed by atoms with Crippen LogP contribution in [0.3, 0.4) is 0 Å². The largest absolute Gasteiger partial charge is 0.336 e. The standard InChI is InChI=1S/C22H25N3O2.ClH/c1-16-2-4-17(5-3-16)15-24-10-12-25(13-11-24)22(27)19-6-8-20-18(14-19)7-9-21(26)23-20;/h2-6,8,14H,7,9-13,15H2,1H3,(H,23,26);1H. The van der Waals surface area contributed by atoms with Crippen LogP contribution in [-0.2, 0) is 17.8 Å². The number of benzene rings is 2. The normalized spacial score (nSPS) is 16.8. The third kappa shape index (κ3) is 4.54. The molecular weight excluding hydrogens is 374 g/mol. The molecule has 6 heteroatoms. The third-order valence-electron chi connectivity index (χ3n) is 5.43. The monoisotopic (exact) mass is 399 g/mol. The van der Waals surface area contributed by atoms with Crippen molar-refractivity contribution in [1.29, 1.82) is 0 Å². The van der Waals surface area contributed by atoms with Crippen molar-refractivity contribution in [2.24, 2.45) is 0 Å². The number of aryl methyl sites for hydroxylation is 2. The first-order chi connectivity index (χ1) is 13.1. The number of hydrogen-bond acceptors (Lipinski definition) is 3. The molecule has 2 aliphatic heterocycles. The summed E-state index contributed by atoms with van der Waals surface area (Å²) in [6.45, 7) is 6.31. The van der Waals surface area contributed by atoms with E-state index >= 15 is 0 Å². The molecule has 0 aromatic heterocycles. The van der Waals surface area contributed by atoms with Crippen LogP contribution in [0.2, 0.25) is 0 Å². The Hall–Kier alpha value is -2.37. The van der Waals surface area contributed by atoms with E-state index in [0.717, 1.165) is 49.5 Å². The van der Waals surface area contributed by atoms with Crippen LogP contribution in [-0.4, -0.2) is 47.8 Å². The number of amides is 2. The van der Waals surface area contributed by atoms with Crippen LogP contribution < -0.4 is 5.32 Å². The summed E-state index contributed by atoms with van der Waals surface area (Å²) in [5, 5.41) is 2.87. The van der Waals surface area contributed by atoms with Crippen molar-refractivity contribution >= 4 is 29.9 Å². The first-order valence-corrected chi connectivity index (χ1v) is 9.58. The molecule has 0 saturated carbocycles. The number of fused-ring (bicyclic) bond motifs is 1. The van der Waals surface area contributed by atoms with E-state index < -0.39 is 0 Å². The molecule has 2 amide bonds. The van der Waals surface area contributed by atoms with Gasteiger partial charge in [0.25, 0.3) is 5.91 Å². The van der Waals surface area contributed by atoms with E-state index in [2.05, 4.69) is 41.4 Å². The lowest BCUT2D eigenvalue weighted by Gasteiger charge is -2.35. The molecule has 2 aliphatic rings. The number of piperazine rings is 1. The summed E-state index contributed by atoms with van der Waals surface area (Å²) in [7, 11) is 0. The number of nitrogens with one attached hydrogen (secondary N) is 1. The van der Waals surface area contributed by atoms with Gasteiger partial charge in [0.1, 0.15) is 0 Å². The minimum absolute atomic E-state index is 0. The maximum atomic E-state index is 12.9. The minimum atomic E-state index is 0. The Bertz CT molecular complexity index is 859. The Morgan fingerprint density at radius 3 is 2.43 bits per heavy atom. The summed E-state index contributed by atoms with van der Waals surface area (Å²) < 4.78 is 0. The highest BCUT2D eigenvalue weighted by Gasteiger charge is 2.23. The van der Waals surface area contributed by atoms with Gasteiger partial charge in [0.2, 0.25) is 5.91 Å². The second-order valence-corrected chi connectivity index (χ2v) is 7.47. The van der Waals surface area contributed by atoms with Gasteiger partial charge < -0.3 is 10.2 Å². The van der Waals surface area contributed by atoms with Crippen LogP contribution in [0.15, 0.2) is 42.5 Å². The molecule has 0 bridgehead atoms. The van der Waals surface area contributed by atoms with Gasteiger partial charge in [0.05, 0.1) is 0 Å². The molecule has 0 unspecified atom stereocenters. The van der Waals surface area contributed by atoms with Crippen molar-refractivity contribution in [1.82, 2.24) is 9.80 Å². The average molecular weight is 400 g/mol. The molecule has 1 N–H and O–H groups in total. The highest BCUT2D eigenvalue weighted by atomic mass is 35.5. The first kappa shape index (κ1) is 20.4. The predicted octanol–water partition coefficient (Wildman–Crippen LogP) is 3.26. The Balaban J connectivity index is 0.00000225. The van der Waals surface area contributed by atoms with Gasteiger partial charge in [0.15, 0.2) is 0 Å². The van der Waals surface area contributed by atoms with Crippen LogP contribution >= 0.6 is 12.4 Å². The fourth-order valence-electron chi connectivity index (χ4n) is 3.76. The number of hydrogen-bond donors (Lipinski definition) is 1. The Kier molecular flexibility index (Phi) is 6.37. The SMILES string of the molecule is Cc1ccc(CN2CCN(C(=O)c3ccc4c(c3)CCC(=O)N4)CC2)cc1.Cl. The molecule has 2 aromatic carbocycles. The minimum Gasteiger partial charge on any atom is -0.336 e. The number of anilines is 1. The third-order valence-corrected chi connectivity index (χ3v) is 5.43. The highest BCUT2D eigenvalue weighted by molar-refractivity contribution is 5.98. The summed E-state index contributed by atoms with van der Waals surface area (Å²) in [4.78, 5) is 28.7. The van der Waals surface area contributed by atoms with E-state index in [1.54, 1.807) is 0 Å². The van der Waals surface area contributed by atoms with E-state index in [1.165, 1.54) is 11.1 Å². The van der Waals surface area contributed by atoms with Crippen molar-refractivity contribution in [3.8, 4) is 0 Å². The number of halogens is 1. The van der Waals surface area contributed by atoms with Crippen molar-refractivity contribution < 1.29 is 9.59 Å². The van der Waals surface area contributed by atoms with Gasteiger partial charge in [-0.15, -0.1) is 12.4 Å². The average Bonchev–Trinajstić information content (AvgIpc) is 2.69. The summed E-state index contributed by atoms with van der Waals surface area (Å²) in [5.74, 6) is 0.135. The smallest absolute Gasteiger partial charge is 0.253 e. The fourth-order valence-corrected chi connectivity index (χ4v) is 3.76. The second-order valence-electron chi connectivity index (χ2n) is 7.47. The number of carbonyl (C=O) groups excluding carboxylic acids is 2. The van der Waals surface area contributed by atoms with Crippen molar-refractivity contribution in [2.45, 2.75) is 26.3 Å². The molecular formula is C22H26ClN3O2. The van der Waals surface area contributed by atoms with Gasteiger partial charge >= 0.3 is 0 Å². The van der Waals surface area contributed by atoms with E-state index in [4.69, 9.17) is 0 Å². The van der Waals surface area contributed by atoms with E-state index in [9.17, 15) is 9.59 Å². The molecule has 4 rings (SSSR count). The fraction of sp³-hybridized carbons (Fsp3) is 0.364. The van der Waals surface area contributed by atoms with Gasteiger partial charge in [-0.3, -0.25) is 14.5 Å². The number of nitrogens with zero attached hydrogens (tertiary/aromatic N) is 2. The number of rotatable bonds is 3. The maximum Gasteiger partial charge on any atom is 0.253 e. The van der Waals surface area contributed by atoms with Crippen molar-refractivity contribution in [3.05, 3.63) is 64.7 Å². The van der Waals surface area contributed by atoms with E-state index in [0.29, 0.717) is 12.8 Å². The molecule has 1 saturated heterocycles. The van der Waals surface area contributed by atoms with Crippen molar-refractivity contribution in [2.75, 3.05) is 31.5 Å². The quantitative estimate of drug-likeness (QED) is 0.861. The summed E-state index contributed by atoms with van der Waals surface area (Å²) in [6.07, 6.45) is 1.19. The van der Waals surface area contributed by atoms with Crippen LogP contribution in [0.25, 0.3) is 0 Å². The zero-order valence-electron chi connectivity index (χ0n) is 16.1. The number of carbonyl (C=O) groups is 2. The summed E-state index contributed by atoms with van der Waals surface area (Å²) in [6, 6.07) is 14.3. The van der Waals surface area contributed by atoms with Gasteiger partial charge in [-0.1, -0.05) is 29.8 Å². The van der Waals surface area contributed by atoms with E-state index in [-0.39, 0.29) is 24.2 Å². The zero-order chi connectivity index (χ0) is 18.8. The lowest BCUT2D eigenvalue weighted by Crippen LogP contribution is -2.48. The summed E-state index contributed by atoms with van der Waals surface area (Å²) in [5.41, 5.74) is 5.21. The van der Waals surface area contributed by atoms with E-state index in [1.807, 2.05) is 23.1 Å². The first-order valence-electron chi connectivity index (χ1n) is 9.58. The van der Waals surface area contributed by atoms with Crippen molar-refractivity contribution in [3.63, 3.8) is 0 Å². The van der Waals surface area contributed by atoms with Crippen LogP contribution in [0.1, 0.15) is 33.5 Å². The van der Waals surface area contributed by atoms with Crippen LogP contribution in [0, 0.1) is 6.92 Å². The predicted molar refractivity (Wildman–Crippen MR) is 113 cm³/mol. The van der Waals surface area contributed by atoms with Crippen LogP contribution in [0.4, 0.5) is 5.69 Å². The lowest BCUT2D eigenvalue weighted by atomic mass is 10.00. The highest BCUT2D eigenvalue weighted by Crippen LogP contribution is 2.24. The molecule has 2 aromatic rings. The molecule has 0 spiro atoms. The van der Waals surface area contributed by atoms with Gasteiger partial charge in [-0.25, -0.2) is 0 Å². The topological polar surface area (TPSA) is 52.7 Å². The molecule has 28 heavy (non-hydrogen) atoms. The molecule has 0 aliphatic carbocycles. The van der Waals surface area contributed by atoms with Gasteiger partial charge in [0, 0.05) is 50.4 Å². The Morgan fingerprint density at radius 1 is 1.00 bits per heavy atom. The van der Waals surface area contributed by atoms with Gasteiger partial charge in [-0.05, 0) is 42.7 Å². The van der Waals surface area contributed by atoms with Crippen LogP contribution in [0.5, 0.6) is 0 Å². The molecule has 5 nitrogen and oxygen atoms in total. The molecule has 2 heterocycles. The maximum absolute atomic E-state index is 12.9. The lowest BCUT2D eigenvalue weighted by molar-refractivity contribution is -0.116.